The lowest BCUT2D eigenvalue weighted by Crippen LogP contribution is -2.19. The molecule has 1 atom stereocenters. The van der Waals surface area contributed by atoms with Crippen LogP contribution in [0.25, 0.3) is 10.9 Å². The molecule has 26 heavy (non-hydrogen) atoms. The summed E-state index contributed by atoms with van der Waals surface area (Å²) in [5.41, 5.74) is 2.88. The molecule has 0 radical (unpaired) electrons. The second kappa shape index (κ2) is 7.48. The van der Waals surface area contributed by atoms with Crippen molar-refractivity contribution in [3.8, 4) is 0 Å². The van der Waals surface area contributed by atoms with Crippen LogP contribution in [0, 0.1) is 6.92 Å². The van der Waals surface area contributed by atoms with Gasteiger partial charge in [0.1, 0.15) is 5.82 Å². The standard InChI is InChI=1S/C20H21ClN4O/c1-13-11-14(21)8-9-17(13)23-20-24-18-7-3-2-6-16(18)19(25-20)22-12-15-5-4-10-26-15/h2-3,6-9,11,15H,4-5,10,12H2,1H3,(H2,22,23,24,25). The summed E-state index contributed by atoms with van der Waals surface area (Å²) >= 11 is 6.05. The predicted octanol–water partition coefficient (Wildman–Crippen LogP) is 4.93. The highest BCUT2D eigenvalue weighted by Gasteiger charge is 2.16. The molecule has 0 saturated carbocycles. The van der Waals surface area contributed by atoms with Crippen molar-refractivity contribution in [1.82, 2.24) is 9.97 Å². The summed E-state index contributed by atoms with van der Waals surface area (Å²) in [4.78, 5) is 9.35. The van der Waals surface area contributed by atoms with Crippen LogP contribution in [0.5, 0.6) is 0 Å². The minimum Gasteiger partial charge on any atom is -0.376 e. The fourth-order valence-electron chi connectivity index (χ4n) is 3.17. The smallest absolute Gasteiger partial charge is 0.229 e. The van der Waals surface area contributed by atoms with E-state index in [1.54, 1.807) is 0 Å². The van der Waals surface area contributed by atoms with E-state index in [1.807, 2.05) is 49.4 Å². The quantitative estimate of drug-likeness (QED) is 0.669. The monoisotopic (exact) mass is 368 g/mol. The summed E-state index contributed by atoms with van der Waals surface area (Å²) in [5, 5.41) is 8.47. The predicted molar refractivity (Wildman–Crippen MR) is 106 cm³/mol. The first-order valence-corrected chi connectivity index (χ1v) is 9.22. The number of hydrogen-bond donors (Lipinski definition) is 2. The van der Waals surface area contributed by atoms with Crippen molar-refractivity contribution < 1.29 is 4.74 Å². The third-order valence-electron chi connectivity index (χ3n) is 4.56. The summed E-state index contributed by atoms with van der Waals surface area (Å²) in [6.45, 7) is 3.60. The van der Waals surface area contributed by atoms with Gasteiger partial charge in [-0.2, -0.15) is 4.98 Å². The Balaban J connectivity index is 1.64. The molecule has 0 bridgehead atoms. The van der Waals surface area contributed by atoms with Crippen LogP contribution in [0.15, 0.2) is 42.5 Å². The van der Waals surface area contributed by atoms with Gasteiger partial charge in [-0.3, -0.25) is 0 Å². The van der Waals surface area contributed by atoms with Crippen molar-refractivity contribution in [3.05, 3.63) is 53.1 Å². The maximum atomic E-state index is 6.05. The first-order chi connectivity index (χ1) is 12.7. The molecule has 1 aromatic heterocycles. The summed E-state index contributed by atoms with van der Waals surface area (Å²) in [6.07, 6.45) is 2.46. The van der Waals surface area contributed by atoms with Crippen LogP contribution in [0.4, 0.5) is 17.5 Å². The van der Waals surface area contributed by atoms with E-state index in [1.165, 1.54) is 0 Å². The van der Waals surface area contributed by atoms with E-state index in [4.69, 9.17) is 21.3 Å². The molecule has 0 aliphatic carbocycles. The molecule has 0 amide bonds. The van der Waals surface area contributed by atoms with Crippen molar-refractivity contribution in [3.63, 3.8) is 0 Å². The molecule has 3 aromatic rings. The molecule has 1 unspecified atom stereocenters. The maximum Gasteiger partial charge on any atom is 0.229 e. The number of nitrogens with zero attached hydrogens (tertiary/aromatic N) is 2. The van der Waals surface area contributed by atoms with E-state index in [-0.39, 0.29) is 6.10 Å². The molecule has 0 spiro atoms. The summed E-state index contributed by atoms with van der Waals surface area (Å²) in [6, 6.07) is 13.7. The largest absolute Gasteiger partial charge is 0.376 e. The Morgan fingerprint density at radius 2 is 2.08 bits per heavy atom. The van der Waals surface area contributed by atoms with E-state index < -0.39 is 0 Å². The van der Waals surface area contributed by atoms with Gasteiger partial charge in [0.2, 0.25) is 5.95 Å². The Labute approximate surface area is 157 Å². The van der Waals surface area contributed by atoms with Crippen LogP contribution >= 0.6 is 11.6 Å². The lowest BCUT2D eigenvalue weighted by Gasteiger charge is -2.15. The molecule has 5 nitrogen and oxygen atoms in total. The van der Waals surface area contributed by atoms with Crippen LogP contribution in [-0.2, 0) is 4.74 Å². The second-order valence-electron chi connectivity index (χ2n) is 6.51. The minimum absolute atomic E-state index is 0.249. The number of hydrogen-bond acceptors (Lipinski definition) is 5. The van der Waals surface area contributed by atoms with Crippen LogP contribution in [0.2, 0.25) is 5.02 Å². The average Bonchev–Trinajstić information content (AvgIpc) is 3.16. The molecule has 2 heterocycles. The van der Waals surface area contributed by atoms with Crippen LogP contribution in [-0.4, -0.2) is 29.2 Å². The number of nitrogens with one attached hydrogen (secondary N) is 2. The Morgan fingerprint density at radius 3 is 2.88 bits per heavy atom. The second-order valence-corrected chi connectivity index (χ2v) is 6.95. The molecule has 1 aliphatic heterocycles. The first-order valence-electron chi connectivity index (χ1n) is 8.84. The molecule has 2 aromatic carbocycles. The zero-order valence-electron chi connectivity index (χ0n) is 14.6. The SMILES string of the molecule is Cc1cc(Cl)ccc1Nc1nc(NCC2CCCO2)c2ccccc2n1. The molecule has 6 heteroatoms. The number of aryl methyl sites for hydroxylation is 1. The van der Waals surface area contributed by atoms with Crippen molar-refractivity contribution >= 4 is 40.0 Å². The van der Waals surface area contributed by atoms with Gasteiger partial charge >= 0.3 is 0 Å². The summed E-state index contributed by atoms with van der Waals surface area (Å²) in [7, 11) is 0. The van der Waals surface area contributed by atoms with Gasteiger partial charge in [-0.1, -0.05) is 23.7 Å². The lowest BCUT2D eigenvalue weighted by atomic mass is 10.2. The first kappa shape index (κ1) is 17.1. The number of anilines is 3. The summed E-state index contributed by atoms with van der Waals surface area (Å²) in [5.74, 6) is 1.38. The molecule has 134 valence electrons. The third-order valence-corrected chi connectivity index (χ3v) is 4.79. The number of benzene rings is 2. The van der Waals surface area contributed by atoms with E-state index in [9.17, 15) is 0 Å². The van der Waals surface area contributed by atoms with Crippen LogP contribution in [0.3, 0.4) is 0 Å². The van der Waals surface area contributed by atoms with Crippen LogP contribution in [0.1, 0.15) is 18.4 Å². The van der Waals surface area contributed by atoms with E-state index in [0.29, 0.717) is 11.0 Å². The Hall–Kier alpha value is -2.37. The van der Waals surface area contributed by atoms with Crippen molar-refractivity contribution in [1.29, 1.82) is 0 Å². The number of rotatable bonds is 5. The van der Waals surface area contributed by atoms with Gasteiger partial charge in [0.15, 0.2) is 0 Å². The molecule has 4 rings (SSSR count). The average molecular weight is 369 g/mol. The molecular weight excluding hydrogens is 348 g/mol. The molecule has 2 N–H and O–H groups in total. The van der Waals surface area contributed by atoms with E-state index >= 15 is 0 Å². The van der Waals surface area contributed by atoms with Gasteiger partial charge in [-0.15, -0.1) is 0 Å². The van der Waals surface area contributed by atoms with Gasteiger partial charge in [0.25, 0.3) is 0 Å². The number of para-hydroxylation sites is 1. The zero-order valence-corrected chi connectivity index (χ0v) is 15.4. The van der Waals surface area contributed by atoms with Gasteiger partial charge in [0, 0.05) is 29.2 Å². The highest BCUT2D eigenvalue weighted by atomic mass is 35.5. The molecule has 1 saturated heterocycles. The molecule has 1 fully saturated rings. The highest BCUT2D eigenvalue weighted by Crippen LogP contribution is 2.26. The highest BCUT2D eigenvalue weighted by molar-refractivity contribution is 6.30. The fourth-order valence-corrected chi connectivity index (χ4v) is 3.40. The van der Waals surface area contributed by atoms with Crippen molar-refractivity contribution in [2.75, 3.05) is 23.8 Å². The Morgan fingerprint density at radius 1 is 1.19 bits per heavy atom. The number of fused-ring (bicyclic) bond motifs is 1. The Kier molecular flexibility index (Phi) is 4.91. The lowest BCUT2D eigenvalue weighted by molar-refractivity contribution is 0.120. The molecule has 1 aliphatic rings. The van der Waals surface area contributed by atoms with E-state index in [0.717, 1.165) is 54.0 Å². The number of ether oxygens (including phenoxy) is 1. The fraction of sp³-hybridized carbons (Fsp3) is 0.300. The van der Waals surface area contributed by atoms with E-state index in [2.05, 4.69) is 15.6 Å². The van der Waals surface area contributed by atoms with Crippen LogP contribution < -0.4 is 10.6 Å². The van der Waals surface area contributed by atoms with Crippen molar-refractivity contribution in [2.45, 2.75) is 25.9 Å². The third kappa shape index (κ3) is 3.74. The van der Waals surface area contributed by atoms with Crippen molar-refractivity contribution in [2.24, 2.45) is 0 Å². The molecular formula is C20H21ClN4O. The maximum absolute atomic E-state index is 6.05. The van der Waals surface area contributed by atoms with Gasteiger partial charge in [0.05, 0.1) is 11.6 Å². The minimum atomic E-state index is 0.249. The van der Waals surface area contributed by atoms with Gasteiger partial charge < -0.3 is 15.4 Å². The Bertz CT molecular complexity index is 925. The summed E-state index contributed by atoms with van der Waals surface area (Å²) < 4.78 is 5.71. The topological polar surface area (TPSA) is 59.1 Å². The number of halogens is 1. The number of aromatic nitrogens is 2. The van der Waals surface area contributed by atoms with Gasteiger partial charge in [-0.05, 0) is 55.7 Å². The normalized spacial score (nSPS) is 16.8. The van der Waals surface area contributed by atoms with Gasteiger partial charge in [-0.25, -0.2) is 4.98 Å². The zero-order chi connectivity index (χ0) is 17.9.